The lowest BCUT2D eigenvalue weighted by Gasteiger charge is -2.05. The normalized spacial score (nSPS) is 11.4. The molecule has 0 saturated heterocycles. The summed E-state index contributed by atoms with van der Waals surface area (Å²) in [6, 6.07) is 4.82. The van der Waals surface area contributed by atoms with Crippen LogP contribution in [0.1, 0.15) is 5.56 Å². The van der Waals surface area contributed by atoms with E-state index in [2.05, 4.69) is 14.7 Å². The Labute approximate surface area is 110 Å². The van der Waals surface area contributed by atoms with E-state index in [4.69, 9.17) is 0 Å². The fourth-order valence-electron chi connectivity index (χ4n) is 1.56. The molecule has 2 aromatic rings. The monoisotopic (exact) mass is 279 g/mol. The summed E-state index contributed by atoms with van der Waals surface area (Å²) < 4.78 is 26.2. The highest BCUT2D eigenvalue weighted by Crippen LogP contribution is 2.01. The van der Waals surface area contributed by atoms with Crippen molar-refractivity contribution < 1.29 is 8.42 Å². The van der Waals surface area contributed by atoms with Gasteiger partial charge in [-0.25, -0.2) is 13.1 Å². The Bertz CT molecular complexity index is 695. The van der Waals surface area contributed by atoms with Crippen LogP contribution in [0.5, 0.6) is 0 Å². The van der Waals surface area contributed by atoms with Gasteiger partial charge >= 0.3 is 0 Å². The fourth-order valence-corrected chi connectivity index (χ4v) is 2.65. The molecule has 0 saturated carbocycles. The SMILES string of the molecule is O=c1cc[nH]cc1S(=O)(=O)NCCc1cccnc1. The van der Waals surface area contributed by atoms with Gasteiger partial charge in [0, 0.05) is 37.4 Å². The van der Waals surface area contributed by atoms with Crippen molar-refractivity contribution >= 4 is 10.0 Å². The number of pyridine rings is 2. The average molecular weight is 279 g/mol. The maximum atomic E-state index is 11.9. The molecule has 0 aromatic carbocycles. The summed E-state index contributed by atoms with van der Waals surface area (Å²) in [6.07, 6.45) is 6.39. The first-order chi connectivity index (χ1) is 9.09. The molecule has 2 N–H and O–H groups in total. The molecule has 100 valence electrons. The zero-order chi connectivity index (χ0) is 13.7. The summed E-state index contributed by atoms with van der Waals surface area (Å²) in [4.78, 5) is 17.7. The van der Waals surface area contributed by atoms with E-state index in [0.29, 0.717) is 6.42 Å². The standard InChI is InChI=1S/C12H13N3O3S/c16-11-4-6-14-9-12(11)19(17,18)15-7-3-10-2-1-5-13-8-10/h1-2,4-6,8-9,15H,3,7H2,(H,14,16). The molecule has 0 aliphatic carbocycles. The van der Waals surface area contributed by atoms with E-state index in [-0.39, 0.29) is 11.4 Å². The van der Waals surface area contributed by atoms with Gasteiger partial charge in [0.2, 0.25) is 15.5 Å². The van der Waals surface area contributed by atoms with E-state index in [1.54, 1.807) is 18.5 Å². The topological polar surface area (TPSA) is 91.9 Å². The van der Waals surface area contributed by atoms with Gasteiger partial charge in [-0.05, 0) is 18.1 Å². The van der Waals surface area contributed by atoms with E-state index in [1.165, 1.54) is 18.5 Å². The summed E-state index contributed by atoms with van der Waals surface area (Å²) in [5.74, 6) is 0. The van der Waals surface area contributed by atoms with Gasteiger partial charge in [0.1, 0.15) is 4.90 Å². The summed E-state index contributed by atoms with van der Waals surface area (Å²) in [5.41, 5.74) is 0.389. The third kappa shape index (κ3) is 3.49. The van der Waals surface area contributed by atoms with Crippen molar-refractivity contribution in [3.63, 3.8) is 0 Å². The van der Waals surface area contributed by atoms with Crippen LogP contribution in [-0.2, 0) is 16.4 Å². The first-order valence-electron chi connectivity index (χ1n) is 5.65. The third-order valence-corrected chi connectivity index (χ3v) is 3.99. The van der Waals surface area contributed by atoms with Gasteiger partial charge in [0.05, 0.1) is 0 Å². The number of nitrogens with zero attached hydrogens (tertiary/aromatic N) is 1. The van der Waals surface area contributed by atoms with Gasteiger partial charge in [-0.1, -0.05) is 6.07 Å². The minimum absolute atomic E-state index is 0.211. The van der Waals surface area contributed by atoms with Crippen LogP contribution in [-0.4, -0.2) is 24.9 Å². The molecule has 0 bridgehead atoms. The lowest BCUT2D eigenvalue weighted by molar-refractivity contribution is 0.580. The Morgan fingerprint density at radius 2 is 2.16 bits per heavy atom. The molecule has 6 nitrogen and oxygen atoms in total. The molecule has 0 amide bonds. The predicted octanol–water partition coefficient (Wildman–Crippen LogP) is 0.291. The minimum Gasteiger partial charge on any atom is -0.366 e. The van der Waals surface area contributed by atoms with Gasteiger partial charge in [0.15, 0.2) is 0 Å². The van der Waals surface area contributed by atoms with Crippen molar-refractivity contribution in [1.82, 2.24) is 14.7 Å². The van der Waals surface area contributed by atoms with Crippen LogP contribution in [0.25, 0.3) is 0 Å². The highest BCUT2D eigenvalue weighted by molar-refractivity contribution is 7.89. The fraction of sp³-hybridized carbons (Fsp3) is 0.167. The zero-order valence-electron chi connectivity index (χ0n) is 10.0. The van der Waals surface area contributed by atoms with E-state index in [0.717, 1.165) is 5.56 Å². The molecule has 0 aliphatic rings. The Morgan fingerprint density at radius 1 is 1.32 bits per heavy atom. The molecular weight excluding hydrogens is 266 g/mol. The second-order valence-corrected chi connectivity index (χ2v) is 5.62. The molecule has 19 heavy (non-hydrogen) atoms. The van der Waals surface area contributed by atoms with Gasteiger partial charge in [-0.15, -0.1) is 0 Å². The number of sulfonamides is 1. The number of hydrogen-bond acceptors (Lipinski definition) is 4. The predicted molar refractivity (Wildman–Crippen MR) is 70.2 cm³/mol. The van der Waals surface area contributed by atoms with Crippen molar-refractivity contribution in [2.45, 2.75) is 11.3 Å². The Morgan fingerprint density at radius 3 is 2.84 bits per heavy atom. The smallest absolute Gasteiger partial charge is 0.245 e. The lowest BCUT2D eigenvalue weighted by atomic mass is 10.2. The van der Waals surface area contributed by atoms with Gasteiger partial charge in [0.25, 0.3) is 0 Å². The number of aromatic amines is 1. The van der Waals surface area contributed by atoms with Crippen LogP contribution < -0.4 is 10.2 Å². The largest absolute Gasteiger partial charge is 0.366 e. The van der Waals surface area contributed by atoms with Crippen LogP contribution in [0, 0.1) is 0 Å². The zero-order valence-corrected chi connectivity index (χ0v) is 10.9. The number of H-pyrrole nitrogens is 1. The molecule has 0 atom stereocenters. The number of aromatic nitrogens is 2. The summed E-state index contributed by atoms with van der Waals surface area (Å²) in [6.45, 7) is 0.211. The summed E-state index contributed by atoms with van der Waals surface area (Å²) in [5, 5.41) is 0. The number of hydrogen-bond donors (Lipinski definition) is 2. The molecule has 7 heteroatoms. The maximum absolute atomic E-state index is 11.9. The van der Waals surface area contributed by atoms with Crippen LogP contribution >= 0.6 is 0 Å². The van der Waals surface area contributed by atoms with Crippen LogP contribution in [0.2, 0.25) is 0 Å². The first-order valence-corrected chi connectivity index (χ1v) is 7.13. The highest BCUT2D eigenvalue weighted by Gasteiger charge is 2.16. The molecule has 0 unspecified atom stereocenters. The van der Waals surface area contributed by atoms with Crippen molar-refractivity contribution in [2.75, 3.05) is 6.54 Å². The number of nitrogens with one attached hydrogen (secondary N) is 2. The number of rotatable bonds is 5. The molecule has 2 heterocycles. The molecule has 2 aromatic heterocycles. The van der Waals surface area contributed by atoms with Gasteiger partial charge in [-0.2, -0.15) is 0 Å². The highest BCUT2D eigenvalue weighted by atomic mass is 32.2. The van der Waals surface area contributed by atoms with E-state index < -0.39 is 15.5 Å². The van der Waals surface area contributed by atoms with E-state index in [1.807, 2.05) is 6.07 Å². The average Bonchev–Trinajstić information content (AvgIpc) is 2.40. The van der Waals surface area contributed by atoms with Gasteiger partial charge < -0.3 is 4.98 Å². The van der Waals surface area contributed by atoms with Gasteiger partial charge in [-0.3, -0.25) is 9.78 Å². The summed E-state index contributed by atoms with van der Waals surface area (Å²) in [7, 11) is -3.78. The van der Waals surface area contributed by atoms with Crippen LogP contribution in [0.3, 0.4) is 0 Å². The molecule has 0 aliphatic heterocycles. The molecule has 0 spiro atoms. The Hall–Kier alpha value is -1.99. The van der Waals surface area contributed by atoms with Crippen molar-refractivity contribution in [1.29, 1.82) is 0 Å². The van der Waals surface area contributed by atoms with Crippen molar-refractivity contribution in [2.24, 2.45) is 0 Å². The van der Waals surface area contributed by atoms with Crippen LogP contribution in [0.15, 0.2) is 52.7 Å². The van der Waals surface area contributed by atoms with E-state index >= 15 is 0 Å². The van der Waals surface area contributed by atoms with E-state index in [9.17, 15) is 13.2 Å². The molecular formula is C12H13N3O3S. The molecule has 2 rings (SSSR count). The Balaban J connectivity index is 2.03. The lowest BCUT2D eigenvalue weighted by Crippen LogP contribution is -2.30. The second-order valence-electron chi connectivity index (χ2n) is 3.88. The third-order valence-electron chi connectivity index (χ3n) is 2.51. The molecule has 0 fully saturated rings. The summed E-state index contributed by atoms with van der Waals surface area (Å²) >= 11 is 0. The maximum Gasteiger partial charge on any atom is 0.245 e. The van der Waals surface area contributed by atoms with Crippen molar-refractivity contribution in [3.8, 4) is 0 Å². The first kappa shape index (κ1) is 13.4. The van der Waals surface area contributed by atoms with Crippen molar-refractivity contribution in [3.05, 3.63) is 58.8 Å². The Kier molecular flexibility index (Phi) is 4.08. The second kappa shape index (κ2) is 5.77. The minimum atomic E-state index is -3.78. The quantitative estimate of drug-likeness (QED) is 0.823. The van der Waals surface area contributed by atoms with Crippen LogP contribution in [0.4, 0.5) is 0 Å². The molecule has 0 radical (unpaired) electrons.